The zero-order valence-corrected chi connectivity index (χ0v) is 15.9. The van der Waals surface area contributed by atoms with E-state index in [0.29, 0.717) is 19.8 Å². The van der Waals surface area contributed by atoms with E-state index in [4.69, 9.17) is 14.0 Å². The van der Waals surface area contributed by atoms with Crippen molar-refractivity contribution in [3.05, 3.63) is 0 Å². The van der Waals surface area contributed by atoms with E-state index in [0.717, 1.165) is 19.6 Å². The summed E-state index contributed by atoms with van der Waals surface area (Å²) in [6.45, 7) is 12.3. The lowest BCUT2D eigenvalue weighted by Gasteiger charge is -2.21. The van der Waals surface area contributed by atoms with Gasteiger partial charge in [0, 0.05) is 39.5 Å². The summed E-state index contributed by atoms with van der Waals surface area (Å²) < 4.78 is 17.7. The van der Waals surface area contributed by atoms with Crippen LogP contribution in [0.5, 0.6) is 0 Å². The van der Waals surface area contributed by atoms with Gasteiger partial charge < -0.3 is 28.7 Å². The van der Waals surface area contributed by atoms with Crippen molar-refractivity contribution in [2.24, 2.45) is 0 Å². The Labute approximate surface area is 153 Å². The summed E-state index contributed by atoms with van der Waals surface area (Å²) in [5.74, 6) is 0. The predicted octanol–water partition coefficient (Wildman–Crippen LogP) is 1.31. The van der Waals surface area contributed by atoms with Gasteiger partial charge >= 0.3 is 7.32 Å². The fraction of sp³-hybridized carbons (Fsp3) is 1.00. The molecule has 7 heteroatoms. The Morgan fingerprint density at radius 2 is 0.760 bits per heavy atom. The molecule has 3 fully saturated rings. The first kappa shape index (κ1) is 19.6. The summed E-state index contributed by atoms with van der Waals surface area (Å²) in [5.41, 5.74) is 0. The largest absolute Gasteiger partial charge is 0.639 e. The van der Waals surface area contributed by atoms with Gasteiger partial charge in [-0.15, -0.1) is 0 Å². The van der Waals surface area contributed by atoms with Gasteiger partial charge in [-0.1, -0.05) is 0 Å². The van der Waals surface area contributed by atoms with Crippen LogP contribution in [0.3, 0.4) is 0 Å². The predicted molar refractivity (Wildman–Crippen MR) is 101 cm³/mol. The monoisotopic (exact) mass is 353 g/mol. The zero-order valence-electron chi connectivity index (χ0n) is 15.9. The van der Waals surface area contributed by atoms with Crippen LogP contribution in [-0.4, -0.2) is 101 Å². The number of likely N-dealkylation sites (tertiary alicyclic amines) is 3. The minimum Gasteiger partial charge on any atom is -0.385 e. The summed E-state index contributed by atoms with van der Waals surface area (Å²) in [4.78, 5) is 7.39. The van der Waals surface area contributed by atoms with Crippen LogP contribution >= 0.6 is 0 Å². The molecule has 0 aliphatic carbocycles. The molecule has 6 nitrogen and oxygen atoms in total. The fourth-order valence-corrected chi connectivity index (χ4v) is 4.00. The van der Waals surface area contributed by atoms with E-state index in [2.05, 4.69) is 14.7 Å². The molecule has 3 aliphatic heterocycles. The average molecular weight is 353 g/mol. The van der Waals surface area contributed by atoms with Gasteiger partial charge in [0.05, 0.1) is 0 Å². The highest BCUT2D eigenvalue weighted by Gasteiger charge is 2.24. The third kappa shape index (κ3) is 7.53. The average Bonchev–Trinajstić information content (AvgIpc) is 3.38. The van der Waals surface area contributed by atoms with Gasteiger partial charge in [-0.25, -0.2) is 0 Å². The van der Waals surface area contributed by atoms with Gasteiger partial charge in [-0.3, -0.25) is 0 Å². The molecule has 0 aromatic rings. The molecule has 0 unspecified atom stereocenters. The molecule has 3 rings (SSSR count). The second kappa shape index (κ2) is 11.5. The van der Waals surface area contributed by atoms with Crippen LogP contribution in [0.25, 0.3) is 0 Å². The van der Waals surface area contributed by atoms with E-state index in [9.17, 15) is 0 Å². The molecule has 25 heavy (non-hydrogen) atoms. The Morgan fingerprint density at radius 1 is 0.480 bits per heavy atom. The Morgan fingerprint density at radius 3 is 1.04 bits per heavy atom. The van der Waals surface area contributed by atoms with Crippen molar-refractivity contribution in [3.8, 4) is 0 Å². The summed E-state index contributed by atoms with van der Waals surface area (Å²) in [6.07, 6.45) is 7.93. The molecule has 0 aromatic heterocycles. The smallest absolute Gasteiger partial charge is 0.385 e. The Hall–Kier alpha value is -0.175. The molecule has 0 saturated carbocycles. The fourth-order valence-electron chi connectivity index (χ4n) is 4.00. The second-order valence-corrected chi connectivity index (χ2v) is 7.55. The van der Waals surface area contributed by atoms with Crippen molar-refractivity contribution >= 4 is 7.32 Å². The minimum atomic E-state index is -0.507. The molecule has 3 saturated heterocycles. The molecular formula is C18H36BN3O3. The van der Waals surface area contributed by atoms with Crippen molar-refractivity contribution in [2.45, 2.75) is 38.5 Å². The summed E-state index contributed by atoms with van der Waals surface area (Å²) >= 11 is 0. The molecule has 0 spiro atoms. The van der Waals surface area contributed by atoms with Crippen molar-refractivity contribution in [1.29, 1.82) is 0 Å². The first-order chi connectivity index (χ1) is 12.4. The van der Waals surface area contributed by atoms with Crippen LogP contribution in [0.15, 0.2) is 0 Å². The normalized spacial score (nSPS) is 23.0. The summed E-state index contributed by atoms with van der Waals surface area (Å²) in [7, 11) is -0.507. The summed E-state index contributed by atoms with van der Waals surface area (Å²) in [5, 5.41) is 0. The maximum atomic E-state index is 5.91. The first-order valence-corrected chi connectivity index (χ1v) is 10.4. The van der Waals surface area contributed by atoms with E-state index in [1.807, 2.05) is 0 Å². The van der Waals surface area contributed by atoms with E-state index >= 15 is 0 Å². The highest BCUT2D eigenvalue weighted by Crippen LogP contribution is 2.09. The topological polar surface area (TPSA) is 37.4 Å². The number of nitrogens with zero attached hydrogens (tertiary/aromatic N) is 3. The minimum absolute atomic E-state index is 0.507. The molecule has 144 valence electrons. The standard InChI is InChI=1S/C18H36BN3O3/c1-2-8-20(7-1)13-16-23-19(24-17-14-21-9-3-4-10-21)25-18-15-22-11-5-6-12-22/h1-18H2. The number of hydrogen-bond donors (Lipinski definition) is 0. The zero-order chi connectivity index (χ0) is 17.2. The van der Waals surface area contributed by atoms with Crippen molar-refractivity contribution in [2.75, 3.05) is 78.7 Å². The molecular weight excluding hydrogens is 317 g/mol. The number of rotatable bonds is 12. The lowest BCUT2D eigenvalue weighted by atomic mass is 10.2. The highest BCUT2D eigenvalue weighted by atomic mass is 16.7. The Balaban J connectivity index is 1.31. The van der Waals surface area contributed by atoms with E-state index < -0.39 is 7.32 Å². The molecule has 3 heterocycles. The van der Waals surface area contributed by atoms with Crippen LogP contribution in [0.2, 0.25) is 0 Å². The van der Waals surface area contributed by atoms with Gasteiger partial charge in [-0.2, -0.15) is 0 Å². The first-order valence-electron chi connectivity index (χ1n) is 10.4. The van der Waals surface area contributed by atoms with E-state index in [-0.39, 0.29) is 0 Å². The van der Waals surface area contributed by atoms with Crippen LogP contribution in [0, 0.1) is 0 Å². The van der Waals surface area contributed by atoms with Gasteiger partial charge in [0.15, 0.2) is 0 Å². The molecule has 0 aromatic carbocycles. The molecule has 0 atom stereocenters. The van der Waals surface area contributed by atoms with Crippen LogP contribution in [0.4, 0.5) is 0 Å². The van der Waals surface area contributed by atoms with Crippen molar-refractivity contribution in [1.82, 2.24) is 14.7 Å². The van der Waals surface area contributed by atoms with Crippen LogP contribution in [-0.2, 0) is 14.0 Å². The Kier molecular flexibility index (Phi) is 9.02. The molecule has 0 amide bonds. The third-order valence-electron chi connectivity index (χ3n) is 5.58. The number of hydrogen-bond acceptors (Lipinski definition) is 6. The van der Waals surface area contributed by atoms with Crippen LogP contribution < -0.4 is 0 Å². The SMILES string of the molecule is C1CCN(CCOB(OCCN2CCCC2)OCCN2CCCC2)C1. The lowest BCUT2D eigenvalue weighted by Crippen LogP contribution is -2.36. The van der Waals surface area contributed by atoms with Gasteiger partial charge in [0.1, 0.15) is 0 Å². The van der Waals surface area contributed by atoms with Gasteiger partial charge in [0.2, 0.25) is 0 Å². The van der Waals surface area contributed by atoms with E-state index in [1.54, 1.807) is 0 Å². The molecule has 0 radical (unpaired) electrons. The second-order valence-electron chi connectivity index (χ2n) is 7.55. The maximum absolute atomic E-state index is 5.91. The molecule has 0 bridgehead atoms. The Bertz CT molecular complexity index is 294. The van der Waals surface area contributed by atoms with Gasteiger partial charge in [0.25, 0.3) is 0 Å². The summed E-state index contributed by atoms with van der Waals surface area (Å²) in [6, 6.07) is 0. The lowest BCUT2D eigenvalue weighted by molar-refractivity contribution is 0.0727. The molecule has 0 N–H and O–H groups in total. The quantitative estimate of drug-likeness (QED) is 0.493. The molecule has 3 aliphatic rings. The third-order valence-corrected chi connectivity index (χ3v) is 5.58. The van der Waals surface area contributed by atoms with Crippen molar-refractivity contribution < 1.29 is 14.0 Å². The van der Waals surface area contributed by atoms with Gasteiger partial charge in [-0.05, 0) is 77.8 Å². The van der Waals surface area contributed by atoms with Crippen LogP contribution in [0.1, 0.15) is 38.5 Å². The highest BCUT2D eigenvalue weighted by molar-refractivity contribution is 6.36. The van der Waals surface area contributed by atoms with E-state index in [1.165, 1.54) is 77.8 Å². The van der Waals surface area contributed by atoms with Crippen molar-refractivity contribution in [3.63, 3.8) is 0 Å². The maximum Gasteiger partial charge on any atom is 0.639 e.